The van der Waals surface area contributed by atoms with E-state index >= 15 is 0 Å². The van der Waals surface area contributed by atoms with E-state index in [9.17, 15) is 9.90 Å². The van der Waals surface area contributed by atoms with Crippen molar-refractivity contribution < 1.29 is 9.90 Å². The van der Waals surface area contributed by atoms with E-state index in [2.05, 4.69) is 26.3 Å². The van der Waals surface area contributed by atoms with Crippen LogP contribution in [0.2, 0.25) is 0 Å². The van der Waals surface area contributed by atoms with Gasteiger partial charge in [0, 0.05) is 18.8 Å². The Morgan fingerprint density at radius 3 is 3.00 bits per heavy atom. The summed E-state index contributed by atoms with van der Waals surface area (Å²) in [5.74, 6) is -0.555. The number of aromatic nitrogens is 2. The molecule has 2 rings (SSSR count). The van der Waals surface area contributed by atoms with Crippen LogP contribution in [0, 0.1) is 5.92 Å². The SMILES string of the molecule is CC(C)NC1(C(=O)O)CCCC1CCn1cc(Br)cn1. The van der Waals surface area contributed by atoms with Crippen LogP contribution < -0.4 is 5.32 Å². The lowest BCUT2D eigenvalue weighted by Crippen LogP contribution is -2.57. The molecule has 0 bridgehead atoms. The van der Waals surface area contributed by atoms with Crippen molar-refractivity contribution in [2.45, 2.75) is 57.7 Å². The standard InChI is InChI=1S/C14H22BrN3O2/c1-10(2)17-14(13(19)20)6-3-4-11(14)5-7-18-9-12(15)8-16-18/h8-11,17H,3-7H2,1-2H3,(H,19,20). The predicted octanol–water partition coefficient (Wildman–Crippen LogP) is 2.66. The highest BCUT2D eigenvalue weighted by atomic mass is 79.9. The molecule has 112 valence electrons. The first-order valence-corrected chi connectivity index (χ1v) is 7.92. The van der Waals surface area contributed by atoms with Gasteiger partial charge < -0.3 is 5.11 Å². The van der Waals surface area contributed by atoms with Gasteiger partial charge in [0.05, 0.1) is 10.7 Å². The van der Waals surface area contributed by atoms with E-state index in [0.29, 0.717) is 6.42 Å². The molecule has 0 aromatic carbocycles. The molecule has 20 heavy (non-hydrogen) atoms. The molecule has 5 nitrogen and oxygen atoms in total. The van der Waals surface area contributed by atoms with Crippen LogP contribution in [0.1, 0.15) is 39.5 Å². The van der Waals surface area contributed by atoms with Gasteiger partial charge in [-0.3, -0.25) is 14.8 Å². The van der Waals surface area contributed by atoms with Crippen LogP contribution in [0.25, 0.3) is 0 Å². The summed E-state index contributed by atoms with van der Waals surface area (Å²) < 4.78 is 2.82. The maximum absolute atomic E-state index is 11.8. The number of halogens is 1. The summed E-state index contributed by atoms with van der Waals surface area (Å²) in [6.07, 6.45) is 7.17. The number of nitrogens with one attached hydrogen (secondary N) is 1. The van der Waals surface area contributed by atoms with Crippen molar-refractivity contribution in [3.05, 3.63) is 16.9 Å². The highest BCUT2D eigenvalue weighted by Crippen LogP contribution is 2.39. The van der Waals surface area contributed by atoms with Gasteiger partial charge in [-0.25, -0.2) is 0 Å². The van der Waals surface area contributed by atoms with Gasteiger partial charge in [0.1, 0.15) is 5.54 Å². The quantitative estimate of drug-likeness (QED) is 0.833. The number of nitrogens with zero attached hydrogens (tertiary/aromatic N) is 2. The fourth-order valence-corrected chi connectivity index (χ4v) is 3.59. The highest BCUT2D eigenvalue weighted by molar-refractivity contribution is 9.10. The number of aliphatic carboxylic acids is 1. The lowest BCUT2D eigenvalue weighted by atomic mass is 9.84. The molecule has 1 aromatic rings. The van der Waals surface area contributed by atoms with Gasteiger partial charge in [-0.15, -0.1) is 0 Å². The van der Waals surface area contributed by atoms with E-state index in [4.69, 9.17) is 0 Å². The molecule has 6 heteroatoms. The Bertz CT molecular complexity index is 475. The summed E-state index contributed by atoms with van der Waals surface area (Å²) in [5, 5.41) is 17.2. The van der Waals surface area contributed by atoms with Gasteiger partial charge in [-0.2, -0.15) is 5.10 Å². The average molecular weight is 344 g/mol. The molecule has 0 aliphatic heterocycles. The van der Waals surface area contributed by atoms with Gasteiger partial charge in [-0.05, 0) is 55.0 Å². The van der Waals surface area contributed by atoms with Crippen LogP contribution in [0.15, 0.2) is 16.9 Å². The predicted molar refractivity (Wildman–Crippen MR) is 80.5 cm³/mol. The van der Waals surface area contributed by atoms with E-state index < -0.39 is 11.5 Å². The first-order chi connectivity index (χ1) is 9.44. The normalized spacial score (nSPS) is 26.3. The summed E-state index contributed by atoms with van der Waals surface area (Å²) in [6.45, 7) is 4.76. The minimum Gasteiger partial charge on any atom is -0.480 e. The van der Waals surface area contributed by atoms with Crippen molar-refractivity contribution in [3.8, 4) is 0 Å². The van der Waals surface area contributed by atoms with Crippen molar-refractivity contribution >= 4 is 21.9 Å². The second kappa shape index (κ2) is 6.26. The number of carboxylic acids is 1. The van der Waals surface area contributed by atoms with E-state index in [1.54, 1.807) is 6.20 Å². The molecule has 0 amide bonds. The summed E-state index contributed by atoms with van der Waals surface area (Å²) in [5.41, 5.74) is -0.765. The van der Waals surface area contributed by atoms with Gasteiger partial charge in [0.25, 0.3) is 0 Å². The zero-order chi connectivity index (χ0) is 14.8. The number of aryl methyl sites for hydroxylation is 1. The largest absolute Gasteiger partial charge is 0.480 e. The van der Waals surface area contributed by atoms with Crippen LogP contribution in [-0.2, 0) is 11.3 Å². The van der Waals surface area contributed by atoms with Crippen LogP contribution in [0.3, 0.4) is 0 Å². The fraction of sp³-hybridized carbons (Fsp3) is 0.714. The Hall–Kier alpha value is -0.880. The van der Waals surface area contributed by atoms with E-state index in [1.807, 2.05) is 24.7 Å². The lowest BCUT2D eigenvalue weighted by Gasteiger charge is -2.34. The molecule has 1 aliphatic rings. The Labute approximate surface area is 127 Å². The fourth-order valence-electron chi connectivity index (χ4n) is 3.27. The van der Waals surface area contributed by atoms with E-state index in [1.165, 1.54) is 0 Å². The number of hydrogen-bond donors (Lipinski definition) is 2. The molecule has 0 saturated heterocycles. The lowest BCUT2D eigenvalue weighted by molar-refractivity contribution is -0.147. The molecular weight excluding hydrogens is 322 g/mol. The molecule has 0 spiro atoms. The van der Waals surface area contributed by atoms with Crippen LogP contribution >= 0.6 is 15.9 Å². The maximum Gasteiger partial charge on any atom is 0.324 e. The summed E-state index contributed by atoms with van der Waals surface area (Å²) in [6, 6.07) is 0.172. The summed E-state index contributed by atoms with van der Waals surface area (Å²) in [7, 11) is 0. The van der Waals surface area contributed by atoms with Gasteiger partial charge in [0.2, 0.25) is 0 Å². The molecule has 0 radical (unpaired) electrons. The van der Waals surface area contributed by atoms with E-state index in [0.717, 1.165) is 30.3 Å². The molecule has 1 saturated carbocycles. The number of carboxylic acid groups (broad SMARTS) is 1. The number of carbonyl (C=O) groups is 1. The third kappa shape index (κ3) is 3.23. The molecule has 1 heterocycles. The van der Waals surface area contributed by atoms with Gasteiger partial charge in [0.15, 0.2) is 0 Å². The molecule has 2 atom stereocenters. The summed E-state index contributed by atoms with van der Waals surface area (Å²) >= 11 is 3.37. The van der Waals surface area contributed by atoms with Crippen molar-refractivity contribution in [1.82, 2.24) is 15.1 Å². The Kier molecular flexibility index (Phi) is 4.86. The zero-order valence-electron chi connectivity index (χ0n) is 12.0. The smallest absolute Gasteiger partial charge is 0.324 e. The topological polar surface area (TPSA) is 67.2 Å². The van der Waals surface area contributed by atoms with Crippen molar-refractivity contribution in [3.63, 3.8) is 0 Å². The molecule has 1 aliphatic carbocycles. The molecule has 1 fully saturated rings. The molecular formula is C14H22BrN3O2. The second-order valence-corrected chi connectivity index (χ2v) is 6.79. The monoisotopic (exact) mass is 343 g/mol. The van der Waals surface area contributed by atoms with Crippen molar-refractivity contribution in [1.29, 1.82) is 0 Å². The number of hydrogen-bond acceptors (Lipinski definition) is 3. The van der Waals surface area contributed by atoms with Crippen LogP contribution in [-0.4, -0.2) is 32.4 Å². The van der Waals surface area contributed by atoms with E-state index in [-0.39, 0.29) is 12.0 Å². The van der Waals surface area contributed by atoms with Gasteiger partial charge >= 0.3 is 5.97 Å². The molecule has 2 N–H and O–H groups in total. The van der Waals surface area contributed by atoms with Crippen molar-refractivity contribution in [2.24, 2.45) is 5.92 Å². The minimum atomic E-state index is -0.765. The average Bonchev–Trinajstić information content (AvgIpc) is 2.93. The molecule has 2 unspecified atom stereocenters. The maximum atomic E-state index is 11.8. The minimum absolute atomic E-state index is 0.158. The highest BCUT2D eigenvalue weighted by Gasteiger charge is 2.48. The first kappa shape index (κ1) is 15.5. The van der Waals surface area contributed by atoms with Crippen molar-refractivity contribution in [2.75, 3.05) is 0 Å². The Balaban J connectivity index is 2.06. The Morgan fingerprint density at radius 1 is 1.70 bits per heavy atom. The zero-order valence-corrected chi connectivity index (χ0v) is 13.6. The third-order valence-electron chi connectivity index (χ3n) is 4.06. The summed E-state index contributed by atoms with van der Waals surface area (Å²) in [4.78, 5) is 11.8. The first-order valence-electron chi connectivity index (χ1n) is 7.13. The molecule has 1 aromatic heterocycles. The second-order valence-electron chi connectivity index (χ2n) is 5.87. The van der Waals surface area contributed by atoms with Crippen LogP contribution in [0.5, 0.6) is 0 Å². The van der Waals surface area contributed by atoms with Gasteiger partial charge in [-0.1, -0.05) is 6.42 Å². The van der Waals surface area contributed by atoms with Crippen LogP contribution in [0.4, 0.5) is 0 Å². The number of rotatable bonds is 6. The third-order valence-corrected chi connectivity index (χ3v) is 4.47. The Morgan fingerprint density at radius 2 is 2.45 bits per heavy atom.